The van der Waals surface area contributed by atoms with Crippen LogP contribution in [0.15, 0.2) is 11.8 Å². The van der Waals surface area contributed by atoms with Crippen LogP contribution in [0, 0.1) is 17.8 Å². The number of amides is 1. The van der Waals surface area contributed by atoms with Crippen LogP contribution in [0.25, 0.3) is 0 Å². The summed E-state index contributed by atoms with van der Waals surface area (Å²) in [6, 6.07) is -0.730. The van der Waals surface area contributed by atoms with E-state index >= 15 is 4.39 Å². The van der Waals surface area contributed by atoms with Crippen molar-refractivity contribution in [3.63, 3.8) is 0 Å². The molecule has 11 unspecified atom stereocenters. The molecule has 1 N–H and O–H groups in total. The lowest BCUT2D eigenvalue weighted by Crippen LogP contribution is -2.73. The van der Waals surface area contributed by atoms with Gasteiger partial charge in [-0.25, -0.2) is 4.39 Å². The van der Waals surface area contributed by atoms with Gasteiger partial charge in [0.25, 0.3) is 5.91 Å². The minimum atomic E-state index is -1.21. The summed E-state index contributed by atoms with van der Waals surface area (Å²) >= 11 is 0. The van der Waals surface area contributed by atoms with Crippen molar-refractivity contribution in [3.05, 3.63) is 11.8 Å². The highest BCUT2D eigenvalue weighted by Gasteiger charge is 2.61. The Labute approximate surface area is 266 Å². The van der Waals surface area contributed by atoms with Crippen LogP contribution < -0.4 is 5.32 Å². The standard InChI is InChI=1S/C34H52FN5O5/c1-37-9-11-38(12-10-37)8-4-7-36-30-25(35)17-23-31-33(30)45-29-18-22-21-5-2-3-6-27(21)44-28(22)19-26(29)40(31)20-24(32(23)41)34(42)39-13-15-43-16-14-39/h20-23,25-31,33,36H,2-19H2,1H3. The Morgan fingerprint density at radius 3 is 2.58 bits per heavy atom. The topological polar surface area (TPSA) is 86.8 Å². The maximum Gasteiger partial charge on any atom is 0.259 e. The van der Waals surface area contributed by atoms with Gasteiger partial charge in [-0.2, -0.15) is 0 Å². The zero-order valence-corrected chi connectivity index (χ0v) is 26.9. The second kappa shape index (κ2) is 12.8. The van der Waals surface area contributed by atoms with E-state index in [4.69, 9.17) is 14.2 Å². The number of morpholine rings is 2. The molecule has 4 saturated heterocycles. The maximum atomic E-state index is 16.3. The zero-order chi connectivity index (χ0) is 30.7. The fourth-order valence-electron chi connectivity index (χ4n) is 10.2. The summed E-state index contributed by atoms with van der Waals surface area (Å²) in [6.07, 6.45) is 8.33. The fourth-order valence-corrected chi connectivity index (χ4v) is 10.2. The Balaban J connectivity index is 1.04. The number of alkyl halides is 1. The summed E-state index contributed by atoms with van der Waals surface area (Å²) in [6.45, 7) is 7.94. The van der Waals surface area contributed by atoms with Crippen LogP contribution in [0.3, 0.4) is 0 Å². The van der Waals surface area contributed by atoms with Gasteiger partial charge in [-0.3, -0.25) is 9.59 Å². The van der Waals surface area contributed by atoms with Gasteiger partial charge in [0, 0.05) is 51.4 Å². The molecule has 45 heavy (non-hydrogen) atoms. The van der Waals surface area contributed by atoms with Crippen LogP contribution in [0.5, 0.6) is 0 Å². The Hall–Kier alpha value is -1.63. The Kier molecular flexibility index (Phi) is 8.71. The Bertz CT molecular complexity index is 1140. The van der Waals surface area contributed by atoms with E-state index in [-0.39, 0.29) is 48.0 Å². The van der Waals surface area contributed by atoms with Crippen molar-refractivity contribution in [2.45, 2.75) is 100 Å². The van der Waals surface area contributed by atoms with Gasteiger partial charge in [0.15, 0.2) is 5.78 Å². The van der Waals surface area contributed by atoms with Gasteiger partial charge >= 0.3 is 0 Å². The SMILES string of the molecule is CN1CCN(CCCNC2C(F)CC3C(=O)C(C(=O)N4CCOCC4)=CN4C5CC6OC7CCCCC7C6CC5OC2C34)CC1. The number of hydrogen-bond donors (Lipinski definition) is 1. The number of carbonyl (C=O) groups excluding carboxylic acids is 2. The summed E-state index contributed by atoms with van der Waals surface area (Å²) in [7, 11) is 2.17. The van der Waals surface area contributed by atoms with Gasteiger partial charge in [-0.05, 0) is 70.5 Å². The number of piperazine rings is 1. The number of fused-ring (bicyclic) bond motifs is 5. The van der Waals surface area contributed by atoms with Crippen LogP contribution in [0.2, 0.25) is 0 Å². The van der Waals surface area contributed by atoms with Crippen molar-refractivity contribution in [1.29, 1.82) is 0 Å². The zero-order valence-electron chi connectivity index (χ0n) is 26.9. The molecule has 11 heteroatoms. The quantitative estimate of drug-likeness (QED) is 0.347. The minimum Gasteiger partial charge on any atom is -0.378 e. The molecule has 10 nitrogen and oxygen atoms in total. The van der Waals surface area contributed by atoms with Crippen molar-refractivity contribution < 1.29 is 28.2 Å². The number of likely N-dealkylation sites (N-methyl/N-ethyl adjacent to an activating group) is 1. The number of carbonyl (C=O) groups is 2. The molecule has 3 aliphatic carbocycles. The molecule has 5 heterocycles. The molecule has 8 rings (SSSR count). The molecule has 0 bridgehead atoms. The van der Waals surface area contributed by atoms with E-state index in [0.717, 1.165) is 65.0 Å². The number of nitrogens with zero attached hydrogens (tertiary/aromatic N) is 4. The number of halogens is 1. The second-order valence-corrected chi connectivity index (χ2v) is 15.1. The van der Waals surface area contributed by atoms with Crippen LogP contribution in [0.1, 0.15) is 51.4 Å². The van der Waals surface area contributed by atoms with Crippen LogP contribution in [-0.2, 0) is 23.8 Å². The Morgan fingerprint density at radius 2 is 1.76 bits per heavy atom. The molecule has 0 aromatic carbocycles. The van der Waals surface area contributed by atoms with Crippen molar-refractivity contribution in [3.8, 4) is 0 Å². The van der Waals surface area contributed by atoms with E-state index in [2.05, 4.69) is 27.1 Å². The molecule has 8 aliphatic rings. The molecule has 0 aromatic heterocycles. The highest BCUT2D eigenvalue weighted by molar-refractivity contribution is 6.20. The minimum absolute atomic E-state index is 0.0183. The van der Waals surface area contributed by atoms with Gasteiger partial charge in [0.1, 0.15) is 6.17 Å². The average molecular weight is 630 g/mol. The molecule has 11 atom stereocenters. The van der Waals surface area contributed by atoms with Crippen LogP contribution in [0.4, 0.5) is 4.39 Å². The molecule has 250 valence electrons. The molecular weight excluding hydrogens is 577 g/mol. The first kappa shape index (κ1) is 30.7. The van der Waals surface area contributed by atoms with E-state index in [1.807, 2.05) is 6.20 Å². The summed E-state index contributed by atoms with van der Waals surface area (Å²) < 4.78 is 35.5. The Morgan fingerprint density at radius 1 is 0.956 bits per heavy atom. The van der Waals surface area contributed by atoms with Gasteiger partial charge in [0.2, 0.25) is 0 Å². The molecule has 0 aromatic rings. The molecule has 1 amide bonds. The third-order valence-electron chi connectivity index (χ3n) is 12.6. The monoisotopic (exact) mass is 629 g/mol. The van der Waals surface area contributed by atoms with E-state index < -0.39 is 24.2 Å². The normalized spacial score (nSPS) is 43.6. The first-order valence-corrected chi connectivity index (χ1v) is 18.0. The highest BCUT2D eigenvalue weighted by Crippen LogP contribution is 2.52. The largest absolute Gasteiger partial charge is 0.378 e. The van der Waals surface area contributed by atoms with E-state index in [9.17, 15) is 9.59 Å². The van der Waals surface area contributed by atoms with Crippen LogP contribution in [-0.4, -0.2) is 153 Å². The summed E-state index contributed by atoms with van der Waals surface area (Å²) in [5, 5.41) is 3.59. The first-order chi connectivity index (χ1) is 22.0. The summed E-state index contributed by atoms with van der Waals surface area (Å²) in [5.41, 5.74) is 0.214. The third-order valence-corrected chi connectivity index (χ3v) is 12.6. The predicted octanol–water partition coefficient (Wildman–Crippen LogP) is 1.44. The lowest BCUT2D eigenvalue weighted by atomic mass is 9.67. The molecule has 0 radical (unpaired) electrons. The molecule has 5 aliphatic heterocycles. The smallest absolute Gasteiger partial charge is 0.259 e. The lowest BCUT2D eigenvalue weighted by Gasteiger charge is -2.60. The van der Waals surface area contributed by atoms with Gasteiger partial charge in [-0.15, -0.1) is 0 Å². The van der Waals surface area contributed by atoms with Crippen molar-refractivity contribution in [1.82, 2.24) is 24.9 Å². The van der Waals surface area contributed by atoms with Gasteiger partial charge in [-0.1, -0.05) is 12.8 Å². The molecular formula is C34H52FN5O5. The third kappa shape index (κ3) is 5.67. The van der Waals surface area contributed by atoms with Crippen molar-refractivity contribution in [2.24, 2.45) is 17.8 Å². The van der Waals surface area contributed by atoms with Gasteiger partial charge in [0.05, 0.1) is 61.3 Å². The van der Waals surface area contributed by atoms with E-state index in [1.54, 1.807) is 4.90 Å². The number of ketones is 1. The summed E-state index contributed by atoms with van der Waals surface area (Å²) in [5.74, 6) is 0.00244. The first-order valence-electron chi connectivity index (χ1n) is 18.0. The second-order valence-electron chi connectivity index (χ2n) is 15.1. The number of rotatable bonds is 6. The molecule has 3 saturated carbocycles. The van der Waals surface area contributed by atoms with Crippen molar-refractivity contribution in [2.75, 3.05) is 72.6 Å². The summed E-state index contributed by atoms with van der Waals surface area (Å²) in [4.78, 5) is 36.7. The molecule has 7 fully saturated rings. The van der Waals surface area contributed by atoms with Crippen LogP contribution >= 0.6 is 0 Å². The van der Waals surface area contributed by atoms with E-state index in [1.165, 1.54) is 19.3 Å². The molecule has 0 spiro atoms. The lowest BCUT2D eigenvalue weighted by molar-refractivity contribution is -0.209. The predicted molar refractivity (Wildman–Crippen MR) is 165 cm³/mol. The van der Waals surface area contributed by atoms with Crippen molar-refractivity contribution >= 4 is 11.7 Å². The fraction of sp³-hybridized carbons (Fsp3) is 0.882. The van der Waals surface area contributed by atoms with E-state index in [0.29, 0.717) is 44.2 Å². The van der Waals surface area contributed by atoms with Gasteiger partial charge < -0.3 is 39.1 Å². The maximum absolute atomic E-state index is 16.3. The number of ether oxygens (including phenoxy) is 3. The average Bonchev–Trinajstić information content (AvgIpc) is 3.42. The number of nitrogens with one attached hydrogen (secondary N) is 1. The number of Topliss-reactive ketones (excluding diaryl/α,β-unsaturated/α-hetero) is 1. The number of hydrogen-bond acceptors (Lipinski definition) is 9. The highest BCUT2D eigenvalue weighted by atomic mass is 19.1.